The minimum atomic E-state index is 0.101. The van der Waals surface area contributed by atoms with Crippen LogP contribution < -0.4 is 5.32 Å². The molecule has 0 saturated carbocycles. The molecule has 0 bridgehead atoms. The number of likely N-dealkylation sites (tertiary alicyclic amines) is 1. The van der Waals surface area contributed by atoms with E-state index in [4.69, 9.17) is 0 Å². The Labute approximate surface area is 153 Å². The Morgan fingerprint density at radius 3 is 2.88 bits per heavy atom. The van der Waals surface area contributed by atoms with Crippen molar-refractivity contribution in [2.45, 2.75) is 58.5 Å². The van der Waals surface area contributed by atoms with Crippen molar-refractivity contribution in [3.63, 3.8) is 0 Å². The van der Waals surface area contributed by atoms with Crippen LogP contribution in [0.1, 0.15) is 59.5 Å². The summed E-state index contributed by atoms with van der Waals surface area (Å²) in [6.45, 7) is 8.51. The number of nitrogens with zero attached hydrogens (tertiary/aromatic N) is 3. The third-order valence-corrected chi connectivity index (χ3v) is 6.39. The van der Waals surface area contributed by atoms with E-state index in [0.717, 1.165) is 31.0 Å². The van der Waals surface area contributed by atoms with Gasteiger partial charge in [0.2, 0.25) is 5.91 Å². The van der Waals surface area contributed by atoms with Crippen LogP contribution in [0.25, 0.3) is 0 Å². The molecule has 4 rings (SSSR count). The molecule has 0 aromatic carbocycles. The molecule has 2 aromatic heterocycles. The highest BCUT2D eigenvalue weighted by Crippen LogP contribution is 2.41. The van der Waals surface area contributed by atoms with Crippen LogP contribution in [0.5, 0.6) is 0 Å². The molecule has 1 atom stereocenters. The van der Waals surface area contributed by atoms with Gasteiger partial charge in [0.05, 0.1) is 5.69 Å². The first-order valence-electron chi connectivity index (χ1n) is 9.33. The van der Waals surface area contributed by atoms with Crippen molar-refractivity contribution in [3.05, 3.63) is 33.1 Å². The standard InChI is InChI=1S/C19H26N4OS/c1-3-8-23-19-18(13(2)21-23)15(11-17(24)20-19)16-7-6-14(25-16)12-22-9-4-5-10-22/h6-7,15H,3-5,8-12H2,1-2H3,(H,20,24)/t15-/m1/s1. The summed E-state index contributed by atoms with van der Waals surface area (Å²) in [5.41, 5.74) is 2.26. The van der Waals surface area contributed by atoms with Crippen LogP contribution in [0.3, 0.4) is 0 Å². The van der Waals surface area contributed by atoms with E-state index in [9.17, 15) is 4.79 Å². The maximum atomic E-state index is 12.3. The van der Waals surface area contributed by atoms with E-state index < -0.39 is 0 Å². The topological polar surface area (TPSA) is 50.2 Å². The highest BCUT2D eigenvalue weighted by molar-refractivity contribution is 7.12. The lowest BCUT2D eigenvalue weighted by molar-refractivity contribution is -0.116. The van der Waals surface area contributed by atoms with E-state index in [1.165, 1.54) is 41.2 Å². The molecule has 1 fully saturated rings. The maximum Gasteiger partial charge on any atom is 0.226 e. The Morgan fingerprint density at radius 1 is 1.32 bits per heavy atom. The second-order valence-corrected chi connectivity index (χ2v) is 8.36. The van der Waals surface area contributed by atoms with Crippen molar-refractivity contribution in [3.8, 4) is 0 Å². The molecule has 1 saturated heterocycles. The van der Waals surface area contributed by atoms with Gasteiger partial charge in [0.25, 0.3) is 0 Å². The molecule has 5 nitrogen and oxygen atoms in total. The van der Waals surface area contributed by atoms with Crippen molar-refractivity contribution in [2.24, 2.45) is 0 Å². The summed E-state index contributed by atoms with van der Waals surface area (Å²) in [4.78, 5) is 17.5. The predicted molar refractivity (Wildman–Crippen MR) is 101 cm³/mol. The van der Waals surface area contributed by atoms with Crippen molar-refractivity contribution in [1.29, 1.82) is 0 Å². The molecule has 0 radical (unpaired) electrons. The van der Waals surface area contributed by atoms with Crippen LogP contribution in [-0.2, 0) is 17.9 Å². The molecule has 1 N–H and O–H groups in total. The lowest BCUT2D eigenvalue weighted by Crippen LogP contribution is -2.24. The molecule has 2 aromatic rings. The summed E-state index contributed by atoms with van der Waals surface area (Å²) in [5, 5.41) is 7.74. The van der Waals surface area contributed by atoms with Gasteiger partial charge in [0.1, 0.15) is 5.82 Å². The Hall–Kier alpha value is -1.66. The first kappa shape index (κ1) is 16.8. The van der Waals surface area contributed by atoms with Crippen LogP contribution in [0, 0.1) is 6.92 Å². The number of amides is 1. The van der Waals surface area contributed by atoms with Crippen LogP contribution in [-0.4, -0.2) is 33.7 Å². The summed E-state index contributed by atoms with van der Waals surface area (Å²) in [5.74, 6) is 1.16. The van der Waals surface area contributed by atoms with E-state index >= 15 is 0 Å². The van der Waals surface area contributed by atoms with Gasteiger partial charge in [-0.05, 0) is 51.4 Å². The van der Waals surface area contributed by atoms with Gasteiger partial charge in [-0.25, -0.2) is 4.68 Å². The van der Waals surface area contributed by atoms with Gasteiger partial charge in [0, 0.05) is 40.7 Å². The van der Waals surface area contributed by atoms with Gasteiger partial charge < -0.3 is 5.32 Å². The summed E-state index contributed by atoms with van der Waals surface area (Å²) < 4.78 is 1.97. The predicted octanol–water partition coefficient (Wildman–Crippen LogP) is 3.73. The minimum Gasteiger partial charge on any atom is -0.311 e. The largest absolute Gasteiger partial charge is 0.311 e. The van der Waals surface area contributed by atoms with E-state index in [0.29, 0.717) is 6.42 Å². The van der Waals surface area contributed by atoms with E-state index in [2.05, 4.69) is 41.3 Å². The molecular formula is C19H26N4OS. The fraction of sp³-hybridized carbons (Fsp3) is 0.579. The zero-order chi connectivity index (χ0) is 17.4. The quantitative estimate of drug-likeness (QED) is 0.886. The van der Waals surface area contributed by atoms with Crippen molar-refractivity contribution in [1.82, 2.24) is 14.7 Å². The zero-order valence-electron chi connectivity index (χ0n) is 15.0. The Morgan fingerprint density at radius 2 is 2.12 bits per heavy atom. The summed E-state index contributed by atoms with van der Waals surface area (Å²) in [6.07, 6.45) is 4.17. The number of hydrogen-bond donors (Lipinski definition) is 1. The molecule has 4 heterocycles. The second-order valence-electron chi connectivity index (χ2n) is 7.16. The highest BCUT2D eigenvalue weighted by atomic mass is 32.1. The lowest BCUT2D eigenvalue weighted by Gasteiger charge is -2.23. The summed E-state index contributed by atoms with van der Waals surface area (Å²) >= 11 is 1.86. The van der Waals surface area contributed by atoms with Gasteiger partial charge >= 0.3 is 0 Å². The third kappa shape index (κ3) is 3.25. The van der Waals surface area contributed by atoms with Crippen LogP contribution >= 0.6 is 11.3 Å². The van der Waals surface area contributed by atoms with Gasteiger partial charge in [-0.1, -0.05) is 6.92 Å². The Kier molecular flexibility index (Phi) is 4.65. The average molecular weight is 359 g/mol. The molecule has 0 aliphatic carbocycles. The molecule has 0 spiro atoms. The average Bonchev–Trinajstić information content (AvgIpc) is 3.30. The van der Waals surface area contributed by atoms with Crippen LogP contribution in [0.4, 0.5) is 5.82 Å². The number of carbonyl (C=O) groups excluding carboxylic acids is 1. The Balaban J connectivity index is 1.63. The number of anilines is 1. The molecule has 134 valence electrons. The lowest BCUT2D eigenvalue weighted by atomic mass is 9.91. The van der Waals surface area contributed by atoms with Crippen molar-refractivity contribution < 1.29 is 4.79 Å². The molecule has 2 aliphatic heterocycles. The van der Waals surface area contributed by atoms with E-state index in [1.807, 2.05) is 16.0 Å². The summed E-state index contributed by atoms with van der Waals surface area (Å²) in [6, 6.07) is 4.47. The normalized spacial score (nSPS) is 20.7. The minimum absolute atomic E-state index is 0.101. The van der Waals surface area contributed by atoms with Gasteiger partial charge in [-0.2, -0.15) is 5.10 Å². The molecule has 2 aliphatic rings. The van der Waals surface area contributed by atoms with E-state index in [1.54, 1.807) is 0 Å². The maximum absolute atomic E-state index is 12.3. The van der Waals surface area contributed by atoms with Crippen molar-refractivity contribution in [2.75, 3.05) is 18.4 Å². The van der Waals surface area contributed by atoms with E-state index in [-0.39, 0.29) is 11.8 Å². The number of aromatic nitrogens is 2. The fourth-order valence-electron chi connectivity index (χ4n) is 4.06. The molecule has 1 amide bonds. The number of thiophene rings is 1. The van der Waals surface area contributed by atoms with Crippen LogP contribution in [0.2, 0.25) is 0 Å². The van der Waals surface area contributed by atoms with Crippen LogP contribution in [0.15, 0.2) is 12.1 Å². The number of rotatable bonds is 5. The van der Waals surface area contributed by atoms with Gasteiger partial charge in [-0.15, -0.1) is 11.3 Å². The Bertz CT molecular complexity index is 772. The number of aryl methyl sites for hydroxylation is 2. The number of hydrogen-bond acceptors (Lipinski definition) is 4. The number of fused-ring (bicyclic) bond motifs is 1. The summed E-state index contributed by atoms with van der Waals surface area (Å²) in [7, 11) is 0. The highest BCUT2D eigenvalue weighted by Gasteiger charge is 2.33. The first-order valence-corrected chi connectivity index (χ1v) is 10.2. The fourth-order valence-corrected chi connectivity index (χ4v) is 5.22. The molecule has 0 unspecified atom stereocenters. The third-order valence-electron chi connectivity index (χ3n) is 5.21. The second kappa shape index (κ2) is 6.92. The van der Waals surface area contributed by atoms with Crippen molar-refractivity contribution >= 4 is 23.1 Å². The zero-order valence-corrected chi connectivity index (χ0v) is 15.9. The molecular weight excluding hydrogens is 332 g/mol. The SMILES string of the molecule is CCCn1nc(C)c2c1NC(=O)C[C@@H]2c1ccc(CN2CCCC2)s1. The number of nitrogens with one attached hydrogen (secondary N) is 1. The molecule has 6 heteroatoms. The smallest absolute Gasteiger partial charge is 0.226 e. The first-order chi connectivity index (χ1) is 12.2. The van der Waals surface area contributed by atoms with Gasteiger partial charge in [-0.3, -0.25) is 9.69 Å². The molecule has 25 heavy (non-hydrogen) atoms. The number of carbonyl (C=O) groups is 1. The van der Waals surface area contributed by atoms with Gasteiger partial charge in [0.15, 0.2) is 0 Å². The monoisotopic (exact) mass is 358 g/mol.